The van der Waals surface area contributed by atoms with Crippen LogP contribution >= 0.6 is 0 Å². The van der Waals surface area contributed by atoms with Crippen molar-refractivity contribution >= 4 is 0 Å². The van der Waals surface area contributed by atoms with Crippen molar-refractivity contribution in [2.45, 2.75) is 45.7 Å². The first kappa shape index (κ1) is 14.1. The molecule has 3 nitrogen and oxygen atoms in total. The van der Waals surface area contributed by atoms with Gasteiger partial charge in [-0.3, -0.25) is 4.79 Å². The highest BCUT2D eigenvalue weighted by atomic mass is 16.1. The van der Waals surface area contributed by atoms with Crippen molar-refractivity contribution in [1.82, 2.24) is 4.57 Å². The van der Waals surface area contributed by atoms with E-state index in [0.717, 1.165) is 24.1 Å². The Morgan fingerprint density at radius 1 is 1.19 bits per heavy atom. The lowest BCUT2D eigenvalue weighted by atomic mass is 10.0. The van der Waals surface area contributed by atoms with E-state index in [4.69, 9.17) is 5.73 Å². The third-order valence-electron chi connectivity index (χ3n) is 4.21. The molecule has 1 atom stereocenters. The molecule has 0 bridgehead atoms. The van der Waals surface area contributed by atoms with Crippen LogP contribution in [0.2, 0.25) is 0 Å². The fraction of sp³-hybridized carbons (Fsp3) is 0.389. The van der Waals surface area contributed by atoms with Crippen LogP contribution in [0.3, 0.4) is 0 Å². The highest BCUT2D eigenvalue weighted by Gasteiger charge is 2.28. The molecule has 0 aliphatic heterocycles. The molecule has 1 heterocycles. The third kappa shape index (κ3) is 2.54. The Morgan fingerprint density at radius 3 is 2.48 bits per heavy atom. The summed E-state index contributed by atoms with van der Waals surface area (Å²) in [5.74, 6) is 0. The second-order valence-corrected chi connectivity index (χ2v) is 6.19. The molecule has 1 aromatic carbocycles. The Hall–Kier alpha value is -1.87. The lowest BCUT2D eigenvalue weighted by Crippen LogP contribution is -2.27. The highest BCUT2D eigenvalue weighted by Crippen LogP contribution is 2.38. The summed E-state index contributed by atoms with van der Waals surface area (Å²) in [6.07, 6.45) is 2.17. The van der Waals surface area contributed by atoms with Crippen molar-refractivity contribution in [2.24, 2.45) is 5.73 Å². The zero-order valence-electron chi connectivity index (χ0n) is 12.9. The van der Waals surface area contributed by atoms with Gasteiger partial charge in [0.25, 0.3) is 5.56 Å². The zero-order valence-corrected chi connectivity index (χ0v) is 12.9. The van der Waals surface area contributed by atoms with Gasteiger partial charge in [0.15, 0.2) is 0 Å². The van der Waals surface area contributed by atoms with Gasteiger partial charge in [-0.05, 0) is 51.3 Å². The maximum atomic E-state index is 12.7. The number of hydrogen-bond donors (Lipinski definition) is 1. The molecular formula is C18H22N2O. The molecule has 0 amide bonds. The number of nitrogens with zero attached hydrogens (tertiary/aromatic N) is 1. The van der Waals surface area contributed by atoms with E-state index < -0.39 is 0 Å². The molecule has 1 saturated carbocycles. The highest BCUT2D eigenvalue weighted by molar-refractivity contribution is 5.65. The van der Waals surface area contributed by atoms with Crippen LogP contribution in [-0.2, 0) is 0 Å². The topological polar surface area (TPSA) is 48.0 Å². The molecule has 0 radical (unpaired) electrons. The van der Waals surface area contributed by atoms with Crippen LogP contribution < -0.4 is 11.3 Å². The maximum absolute atomic E-state index is 12.7. The summed E-state index contributed by atoms with van der Waals surface area (Å²) in [6, 6.07) is 10.4. The van der Waals surface area contributed by atoms with Crippen LogP contribution in [0.5, 0.6) is 0 Å². The minimum absolute atomic E-state index is 0.0741. The van der Waals surface area contributed by atoms with Crippen LogP contribution in [0.25, 0.3) is 11.3 Å². The van der Waals surface area contributed by atoms with Crippen LogP contribution in [0.1, 0.15) is 48.5 Å². The average Bonchev–Trinajstić information content (AvgIpc) is 3.22. The molecule has 2 N–H and O–H groups in total. The third-order valence-corrected chi connectivity index (χ3v) is 4.21. The fourth-order valence-electron chi connectivity index (χ4n) is 2.93. The van der Waals surface area contributed by atoms with Crippen LogP contribution in [0.4, 0.5) is 0 Å². The lowest BCUT2D eigenvalue weighted by Gasteiger charge is -2.17. The minimum atomic E-state index is -0.226. The molecule has 1 fully saturated rings. The normalized spacial score (nSPS) is 16.0. The number of pyridine rings is 1. The van der Waals surface area contributed by atoms with Gasteiger partial charge in [-0.25, -0.2) is 0 Å². The largest absolute Gasteiger partial charge is 0.324 e. The van der Waals surface area contributed by atoms with Crippen molar-refractivity contribution in [3.63, 3.8) is 0 Å². The SMILES string of the molecule is Cc1ccc(-c2ccc(C(C)N)c(=O)n2C2CC2)c(C)c1. The van der Waals surface area contributed by atoms with Crippen molar-refractivity contribution in [3.05, 3.63) is 57.4 Å². The molecule has 1 aliphatic rings. The summed E-state index contributed by atoms with van der Waals surface area (Å²) in [4.78, 5) is 12.7. The maximum Gasteiger partial charge on any atom is 0.256 e. The van der Waals surface area contributed by atoms with Crippen molar-refractivity contribution in [2.75, 3.05) is 0 Å². The standard InChI is InChI=1S/C18H22N2O/c1-11-4-7-15(12(2)10-11)17-9-8-16(13(3)19)18(21)20(17)14-5-6-14/h4,7-10,13-14H,5-6,19H2,1-3H3. The number of rotatable bonds is 3. The van der Waals surface area contributed by atoms with Crippen molar-refractivity contribution in [1.29, 1.82) is 0 Å². The molecule has 2 aromatic rings. The molecule has 0 saturated heterocycles. The molecule has 3 rings (SSSR count). The van der Waals surface area contributed by atoms with Gasteiger partial charge in [0, 0.05) is 23.2 Å². The Morgan fingerprint density at radius 2 is 1.90 bits per heavy atom. The van der Waals surface area contributed by atoms with Crippen molar-refractivity contribution in [3.8, 4) is 11.3 Å². The molecular weight excluding hydrogens is 260 g/mol. The Balaban J connectivity index is 2.23. The second-order valence-electron chi connectivity index (χ2n) is 6.19. The first-order chi connectivity index (χ1) is 9.99. The molecule has 21 heavy (non-hydrogen) atoms. The minimum Gasteiger partial charge on any atom is -0.324 e. The van der Waals surface area contributed by atoms with Gasteiger partial charge >= 0.3 is 0 Å². The summed E-state index contributed by atoms with van der Waals surface area (Å²) < 4.78 is 1.95. The van der Waals surface area contributed by atoms with E-state index in [1.54, 1.807) is 0 Å². The molecule has 3 heteroatoms. The number of aromatic nitrogens is 1. The lowest BCUT2D eigenvalue weighted by molar-refractivity contribution is 0.684. The van der Waals surface area contributed by atoms with Gasteiger partial charge in [-0.15, -0.1) is 0 Å². The average molecular weight is 282 g/mol. The first-order valence-electron chi connectivity index (χ1n) is 7.57. The predicted octanol–water partition coefficient (Wildman–Crippen LogP) is 3.49. The molecule has 110 valence electrons. The van der Waals surface area contributed by atoms with Gasteiger partial charge in [-0.2, -0.15) is 0 Å². The van der Waals surface area contributed by atoms with Crippen LogP contribution in [0.15, 0.2) is 35.1 Å². The van der Waals surface area contributed by atoms with E-state index in [2.05, 4.69) is 38.1 Å². The smallest absolute Gasteiger partial charge is 0.256 e. The summed E-state index contributed by atoms with van der Waals surface area (Å²) in [5.41, 5.74) is 11.3. The molecule has 1 aliphatic carbocycles. The van der Waals surface area contributed by atoms with Gasteiger partial charge in [0.1, 0.15) is 0 Å². The first-order valence-corrected chi connectivity index (χ1v) is 7.57. The second kappa shape index (κ2) is 5.15. The quantitative estimate of drug-likeness (QED) is 0.936. The summed E-state index contributed by atoms with van der Waals surface area (Å²) >= 11 is 0. The zero-order chi connectivity index (χ0) is 15.1. The summed E-state index contributed by atoms with van der Waals surface area (Å²) in [7, 11) is 0. The Labute approximate surface area is 125 Å². The summed E-state index contributed by atoms with van der Waals surface area (Å²) in [5, 5.41) is 0. The predicted molar refractivity (Wildman–Crippen MR) is 86.5 cm³/mol. The Bertz CT molecular complexity index is 739. The number of aryl methyl sites for hydroxylation is 2. The van der Waals surface area contributed by atoms with Gasteiger partial charge in [-0.1, -0.05) is 23.8 Å². The molecule has 1 aromatic heterocycles. The molecule has 1 unspecified atom stereocenters. The van der Waals surface area contributed by atoms with E-state index in [0.29, 0.717) is 11.6 Å². The van der Waals surface area contributed by atoms with E-state index in [1.165, 1.54) is 11.1 Å². The number of nitrogens with two attached hydrogens (primary N) is 1. The van der Waals surface area contributed by atoms with Crippen molar-refractivity contribution < 1.29 is 0 Å². The van der Waals surface area contributed by atoms with Crippen LogP contribution in [-0.4, -0.2) is 4.57 Å². The van der Waals surface area contributed by atoms with E-state index in [1.807, 2.05) is 17.6 Å². The summed E-state index contributed by atoms with van der Waals surface area (Å²) in [6.45, 7) is 6.05. The van der Waals surface area contributed by atoms with Gasteiger partial charge in [0.05, 0.1) is 5.69 Å². The fourth-order valence-corrected chi connectivity index (χ4v) is 2.93. The van der Waals surface area contributed by atoms with E-state index in [9.17, 15) is 4.79 Å². The Kier molecular flexibility index (Phi) is 3.46. The van der Waals surface area contributed by atoms with Crippen LogP contribution in [0, 0.1) is 13.8 Å². The van der Waals surface area contributed by atoms with E-state index >= 15 is 0 Å². The molecule has 0 spiro atoms. The van der Waals surface area contributed by atoms with Gasteiger partial charge < -0.3 is 10.3 Å². The number of benzene rings is 1. The number of hydrogen-bond acceptors (Lipinski definition) is 2. The monoisotopic (exact) mass is 282 g/mol. The van der Waals surface area contributed by atoms with Gasteiger partial charge in [0.2, 0.25) is 0 Å². The van der Waals surface area contributed by atoms with E-state index in [-0.39, 0.29) is 11.6 Å².